The third kappa shape index (κ3) is 4.77. The predicted octanol–water partition coefficient (Wildman–Crippen LogP) is 3.15. The number of ether oxygens (including phenoxy) is 1. The van der Waals surface area contributed by atoms with E-state index in [4.69, 9.17) is 5.11 Å². The summed E-state index contributed by atoms with van der Waals surface area (Å²) in [6.45, 7) is 1.24. The quantitative estimate of drug-likeness (QED) is 0.798. The van der Waals surface area contributed by atoms with Crippen molar-refractivity contribution in [3.8, 4) is 5.75 Å². The lowest BCUT2D eigenvalue weighted by atomic mass is 10.1. The van der Waals surface area contributed by atoms with E-state index in [1.165, 1.54) is 6.07 Å². The second-order valence-corrected chi connectivity index (χ2v) is 4.46. The molecule has 0 radical (unpaired) electrons. The summed E-state index contributed by atoms with van der Waals surface area (Å²) in [5.41, 5.74) is 0.558. The fourth-order valence-electron chi connectivity index (χ4n) is 2.10. The third-order valence-electron chi connectivity index (χ3n) is 2.98. The molecule has 1 rings (SSSR count). The van der Waals surface area contributed by atoms with Crippen molar-refractivity contribution >= 4 is 5.97 Å². The van der Waals surface area contributed by atoms with Gasteiger partial charge in [0.1, 0.15) is 5.75 Å². The van der Waals surface area contributed by atoms with Crippen molar-refractivity contribution in [1.82, 2.24) is 4.90 Å². The van der Waals surface area contributed by atoms with Crippen LogP contribution in [0.15, 0.2) is 24.3 Å². The highest BCUT2D eigenvalue weighted by molar-refractivity contribution is 5.69. The van der Waals surface area contributed by atoms with Crippen LogP contribution in [0.4, 0.5) is 8.78 Å². The highest BCUT2D eigenvalue weighted by atomic mass is 19.3. The summed E-state index contributed by atoms with van der Waals surface area (Å²) >= 11 is 0. The summed E-state index contributed by atoms with van der Waals surface area (Å²) in [7, 11) is 0. The number of halogens is 2. The van der Waals surface area contributed by atoms with Crippen LogP contribution in [0.25, 0.3) is 0 Å². The summed E-state index contributed by atoms with van der Waals surface area (Å²) in [6.07, 6.45) is 0.773. The fourth-order valence-corrected chi connectivity index (χ4v) is 2.10. The Morgan fingerprint density at radius 2 is 2.05 bits per heavy atom. The SMILES string of the molecule is CCCN(CC(=O)O)C(C)c1ccccc1OC(F)F. The van der Waals surface area contributed by atoms with Gasteiger partial charge in [0.05, 0.1) is 6.54 Å². The molecule has 1 N–H and O–H groups in total. The molecule has 0 aliphatic heterocycles. The Kier molecular flexibility index (Phi) is 6.38. The predicted molar refractivity (Wildman–Crippen MR) is 71.0 cm³/mol. The van der Waals surface area contributed by atoms with Gasteiger partial charge in [-0.25, -0.2) is 0 Å². The zero-order valence-electron chi connectivity index (χ0n) is 11.6. The van der Waals surface area contributed by atoms with Gasteiger partial charge in [-0.05, 0) is 26.0 Å². The van der Waals surface area contributed by atoms with Crippen molar-refractivity contribution in [2.75, 3.05) is 13.1 Å². The standard InChI is InChI=1S/C14H19F2NO3/c1-3-8-17(9-13(18)19)10(2)11-6-4-5-7-12(11)20-14(15)16/h4-7,10,14H,3,8-9H2,1-2H3,(H,18,19). The van der Waals surface area contributed by atoms with E-state index in [2.05, 4.69) is 4.74 Å². The summed E-state index contributed by atoms with van der Waals surface area (Å²) in [4.78, 5) is 12.6. The number of aliphatic carboxylic acids is 1. The van der Waals surface area contributed by atoms with Gasteiger partial charge in [-0.2, -0.15) is 8.78 Å². The minimum absolute atomic E-state index is 0.0847. The number of benzene rings is 1. The Balaban J connectivity index is 2.97. The number of rotatable bonds is 8. The van der Waals surface area contributed by atoms with Crippen LogP contribution >= 0.6 is 0 Å². The molecule has 0 saturated carbocycles. The molecule has 1 atom stereocenters. The molecule has 0 amide bonds. The largest absolute Gasteiger partial charge is 0.480 e. The van der Waals surface area contributed by atoms with E-state index in [1.807, 2.05) is 6.92 Å². The van der Waals surface area contributed by atoms with Gasteiger partial charge >= 0.3 is 12.6 Å². The molecule has 0 saturated heterocycles. The molecule has 0 heterocycles. The van der Waals surface area contributed by atoms with Crippen molar-refractivity contribution in [3.05, 3.63) is 29.8 Å². The van der Waals surface area contributed by atoms with Crippen LogP contribution < -0.4 is 4.74 Å². The molecule has 1 aromatic carbocycles. The Bertz CT molecular complexity index is 440. The molecular weight excluding hydrogens is 268 g/mol. The third-order valence-corrected chi connectivity index (χ3v) is 2.98. The van der Waals surface area contributed by atoms with Crippen molar-refractivity contribution < 1.29 is 23.4 Å². The Labute approximate surface area is 117 Å². The van der Waals surface area contributed by atoms with E-state index < -0.39 is 12.6 Å². The van der Waals surface area contributed by atoms with Crippen LogP contribution in [0.3, 0.4) is 0 Å². The van der Waals surface area contributed by atoms with Gasteiger partial charge in [0.15, 0.2) is 0 Å². The Morgan fingerprint density at radius 3 is 2.60 bits per heavy atom. The lowest BCUT2D eigenvalue weighted by molar-refractivity contribution is -0.139. The maximum absolute atomic E-state index is 12.4. The molecule has 0 aliphatic carbocycles. The number of nitrogens with zero attached hydrogens (tertiary/aromatic N) is 1. The Morgan fingerprint density at radius 1 is 1.40 bits per heavy atom. The van der Waals surface area contributed by atoms with Crippen LogP contribution in [0, 0.1) is 0 Å². The van der Waals surface area contributed by atoms with Crippen LogP contribution in [-0.2, 0) is 4.79 Å². The summed E-state index contributed by atoms with van der Waals surface area (Å²) in [5, 5.41) is 8.93. The van der Waals surface area contributed by atoms with E-state index in [0.717, 1.165) is 6.42 Å². The van der Waals surface area contributed by atoms with Crippen molar-refractivity contribution in [2.24, 2.45) is 0 Å². The first-order valence-electron chi connectivity index (χ1n) is 6.45. The highest BCUT2D eigenvalue weighted by Crippen LogP contribution is 2.30. The zero-order chi connectivity index (χ0) is 15.1. The second kappa shape index (κ2) is 7.79. The lowest BCUT2D eigenvalue weighted by Gasteiger charge is -2.28. The summed E-state index contributed by atoms with van der Waals surface area (Å²) in [6, 6.07) is 6.14. The molecule has 6 heteroatoms. The van der Waals surface area contributed by atoms with Crippen molar-refractivity contribution in [2.45, 2.75) is 32.9 Å². The number of hydrogen-bond acceptors (Lipinski definition) is 3. The second-order valence-electron chi connectivity index (χ2n) is 4.46. The highest BCUT2D eigenvalue weighted by Gasteiger charge is 2.21. The van der Waals surface area contributed by atoms with Crippen molar-refractivity contribution in [3.63, 3.8) is 0 Å². The molecule has 0 aromatic heterocycles. The minimum Gasteiger partial charge on any atom is -0.480 e. The molecule has 0 fully saturated rings. The van der Waals surface area contributed by atoms with E-state index in [1.54, 1.807) is 30.0 Å². The molecule has 1 unspecified atom stereocenters. The number of carboxylic acid groups (broad SMARTS) is 1. The van der Waals surface area contributed by atoms with Crippen LogP contribution in [-0.4, -0.2) is 35.7 Å². The number of carbonyl (C=O) groups is 1. The average Bonchev–Trinajstić information content (AvgIpc) is 2.37. The first-order valence-corrected chi connectivity index (χ1v) is 6.45. The van der Waals surface area contributed by atoms with Gasteiger partial charge in [-0.1, -0.05) is 25.1 Å². The first kappa shape index (κ1) is 16.4. The topological polar surface area (TPSA) is 49.8 Å². The van der Waals surface area contributed by atoms with Gasteiger partial charge in [-0.3, -0.25) is 9.69 Å². The molecule has 0 bridgehead atoms. The van der Waals surface area contributed by atoms with Crippen molar-refractivity contribution in [1.29, 1.82) is 0 Å². The minimum atomic E-state index is -2.90. The lowest BCUT2D eigenvalue weighted by Crippen LogP contribution is -2.33. The molecule has 112 valence electrons. The van der Waals surface area contributed by atoms with Gasteiger partial charge in [0.25, 0.3) is 0 Å². The summed E-state index contributed by atoms with van der Waals surface area (Å²) < 4.78 is 29.3. The van der Waals surface area contributed by atoms with Crippen LogP contribution in [0.5, 0.6) is 5.75 Å². The first-order chi connectivity index (χ1) is 9.45. The maximum Gasteiger partial charge on any atom is 0.387 e. The van der Waals surface area contributed by atoms with E-state index in [9.17, 15) is 13.6 Å². The maximum atomic E-state index is 12.4. The molecule has 1 aromatic rings. The van der Waals surface area contributed by atoms with Crippen LogP contribution in [0.1, 0.15) is 31.9 Å². The summed E-state index contributed by atoms with van der Waals surface area (Å²) in [5.74, 6) is -0.862. The monoisotopic (exact) mass is 287 g/mol. The smallest absolute Gasteiger partial charge is 0.387 e. The number of hydrogen-bond donors (Lipinski definition) is 1. The van der Waals surface area contributed by atoms with Gasteiger partial charge in [0.2, 0.25) is 0 Å². The fraction of sp³-hybridized carbons (Fsp3) is 0.500. The average molecular weight is 287 g/mol. The zero-order valence-corrected chi connectivity index (χ0v) is 11.6. The van der Waals surface area contributed by atoms with Crippen LogP contribution in [0.2, 0.25) is 0 Å². The molecule has 20 heavy (non-hydrogen) atoms. The molecule has 0 spiro atoms. The van der Waals surface area contributed by atoms with E-state index in [-0.39, 0.29) is 18.3 Å². The molecule has 0 aliphatic rings. The normalized spacial score (nSPS) is 12.7. The molecular formula is C14H19F2NO3. The number of carboxylic acids is 1. The van der Waals surface area contributed by atoms with Gasteiger partial charge in [-0.15, -0.1) is 0 Å². The Hall–Kier alpha value is -1.69. The van der Waals surface area contributed by atoms with Gasteiger partial charge in [0, 0.05) is 11.6 Å². The van der Waals surface area contributed by atoms with Gasteiger partial charge < -0.3 is 9.84 Å². The van der Waals surface area contributed by atoms with E-state index in [0.29, 0.717) is 12.1 Å². The number of para-hydroxylation sites is 1. The molecule has 4 nitrogen and oxygen atoms in total. The van der Waals surface area contributed by atoms with E-state index >= 15 is 0 Å². The number of alkyl halides is 2.